The lowest BCUT2D eigenvalue weighted by Gasteiger charge is -2.15. The minimum absolute atomic E-state index is 0.259. The molecule has 1 atom stereocenters. The molecule has 0 amide bonds. The summed E-state index contributed by atoms with van der Waals surface area (Å²) in [4.78, 5) is 14.9. The van der Waals surface area contributed by atoms with Crippen LogP contribution < -0.4 is 10.2 Å². The van der Waals surface area contributed by atoms with Crippen LogP contribution in [0.1, 0.15) is 24.3 Å². The number of pyridine rings is 1. The number of sulfonamides is 1. The van der Waals surface area contributed by atoms with Gasteiger partial charge in [-0.25, -0.2) is 13.1 Å². The van der Waals surface area contributed by atoms with Gasteiger partial charge in [0.05, 0.1) is 6.04 Å². The molecule has 1 unspecified atom stereocenters. The van der Waals surface area contributed by atoms with Crippen LogP contribution in [-0.4, -0.2) is 13.4 Å². The number of hydrogen-bond donors (Lipinski definition) is 2. The number of thiophene rings is 1. The molecule has 5 nitrogen and oxygen atoms in total. The Morgan fingerprint density at radius 3 is 2.79 bits per heavy atom. The van der Waals surface area contributed by atoms with E-state index in [4.69, 9.17) is 0 Å². The van der Waals surface area contributed by atoms with Crippen molar-refractivity contribution in [3.8, 4) is 0 Å². The summed E-state index contributed by atoms with van der Waals surface area (Å²) in [6.07, 6.45) is 3.22. The highest BCUT2D eigenvalue weighted by molar-refractivity contribution is 7.89. The Balaban J connectivity index is 2.32. The van der Waals surface area contributed by atoms with Crippen molar-refractivity contribution in [3.05, 3.63) is 51.1 Å². The number of nitrogens with one attached hydrogen (secondary N) is 2. The molecule has 0 spiro atoms. The first-order chi connectivity index (χ1) is 9.04. The van der Waals surface area contributed by atoms with Gasteiger partial charge in [0.1, 0.15) is 4.90 Å². The number of aromatic amines is 1. The molecule has 2 rings (SSSR count). The van der Waals surface area contributed by atoms with Gasteiger partial charge in [0.15, 0.2) is 0 Å². The van der Waals surface area contributed by atoms with E-state index < -0.39 is 15.5 Å². The Labute approximate surface area is 115 Å². The molecule has 0 bridgehead atoms. The van der Waals surface area contributed by atoms with Gasteiger partial charge in [0.2, 0.25) is 15.5 Å². The maximum Gasteiger partial charge on any atom is 0.246 e. The number of rotatable bonds is 5. The molecule has 2 aromatic rings. The molecule has 0 fully saturated rings. The SMILES string of the molecule is CCC(NS(=O)(=O)c1c[nH]ccc1=O)c1cccs1. The van der Waals surface area contributed by atoms with Crippen molar-refractivity contribution in [2.75, 3.05) is 0 Å². The molecule has 19 heavy (non-hydrogen) atoms. The Bertz CT molecular complexity index is 690. The molecule has 0 aliphatic carbocycles. The maximum atomic E-state index is 12.2. The van der Waals surface area contributed by atoms with E-state index in [1.165, 1.54) is 29.8 Å². The Kier molecular flexibility index (Phi) is 4.18. The van der Waals surface area contributed by atoms with E-state index in [-0.39, 0.29) is 10.9 Å². The van der Waals surface area contributed by atoms with Crippen LogP contribution in [0.3, 0.4) is 0 Å². The van der Waals surface area contributed by atoms with Gasteiger partial charge < -0.3 is 4.98 Å². The van der Waals surface area contributed by atoms with Crippen LogP contribution in [0.4, 0.5) is 0 Å². The second-order valence-corrected chi connectivity index (χ2v) is 6.63. The zero-order valence-electron chi connectivity index (χ0n) is 10.3. The topological polar surface area (TPSA) is 79.0 Å². The first-order valence-corrected chi connectivity index (χ1v) is 8.13. The zero-order chi connectivity index (χ0) is 13.9. The predicted molar refractivity (Wildman–Crippen MR) is 74.7 cm³/mol. The van der Waals surface area contributed by atoms with E-state index in [0.717, 1.165) is 4.88 Å². The summed E-state index contributed by atoms with van der Waals surface area (Å²) in [7, 11) is -3.82. The quantitative estimate of drug-likeness (QED) is 0.884. The predicted octanol–water partition coefficient (Wildman–Crippen LogP) is 1.87. The minimum atomic E-state index is -3.82. The van der Waals surface area contributed by atoms with Gasteiger partial charge in [-0.1, -0.05) is 13.0 Å². The lowest BCUT2D eigenvalue weighted by atomic mass is 10.2. The third kappa shape index (κ3) is 3.12. The van der Waals surface area contributed by atoms with Crippen molar-refractivity contribution in [2.45, 2.75) is 24.3 Å². The van der Waals surface area contributed by atoms with Gasteiger partial charge in [-0.05, 0) is 17.9 Å². The van der Waals surface area contributed by atoms with Crippen LogP contribution in [0.2, 0.25) is 0 Å². The van der Waals surface area contributed by atoms with Gasteiger partial charge in [-0.2, -0.15) is 0 Å². The maximum absolute atomic E-state index is 12.2. The molecule has 2 heterocycles. The zero-order valence-corrected chi connectivity index (χ0v) is 11.9. The molecule has 7 heteroatoms. The van der Waals surface area contributed by atoms with Crippen LogP contribution in [0.15, 0.2) is 45.7 Å². The Morgan fingerprint density at radius 1 is 1.42 bits per heavy atom. The second-order valence-electron chi connectivity index (χ2n) is 3.97. The molecule has 0 saturated carbocycles. The number of aromatic nitrogens is 1. The highest BCUT2D eigenvalue weighted by Gasteiger charge is 2.22. The molecule has 0 aliphatic rings. The summed E-state index contributed by atoms with van der Waals surface area (Å²) in [6.45, 7) is 1.89. The first kappa shape index (κ1) is 14.0. The monoisotopic (exact) mass is 298 g/mol. The molecular formula is C12H14N2O3S2. The van der Waals surface area contributed by atoms with Crippen molar-refractivity contribution < 1.29 is 8.42 Å². The summed E-state index contributed by atoms with van der Waals surface area (Å²) in [5, 5.41) is 1.89. The summed E-state index contributed by atoms with van der Waals surface area (Å²) >= 11 is 1.48. The average molecular weight is 298 g/mol. The number of hydrogen-bond acceptors (Lipinski definition) is 4. The van der Waals surface area contributed by atoms with Crippen LogP contribution in [0.5, 0.6) is 0 Å². The van der Waals surface area contributed by atoms with Crippen LogP contribution in [0.25, 0.3) is 0 Å². The van der Waals surface area contributed by atoms with Crippen molar-refractivity contribution in [1.29, 1.82) is 0 Å². The van der Waals surface area contributed by atoms with Gasteiger partial charge in [-0.15, -0.1) is 11.3 Å². The molecule has 0 aromatic carbocycles. The second kappa shape index (κ2) is 5.68. The average Bonchev–Trinajstić information content (AvgIpc) is 2.90. The van der Waals surface area contributed by atoms with E-state index in [0.29, 0.717) is 6.42 Å². The third-order valence-electron chi connectivity index (χ3n) is 2.67. The fraction of sp³-hybridized carbons (Fsp3) is 0.250. The normalized spacial score (nSPS) is 13.3. The molecular weight excluding hydrogens is 284 g/mol. The minimum Gasteiger partial charge on any atom is -0.366 e. The molecule has 0 aliphatic heterocycles. The fourth-order valence-corrected chi connectivity index (χ4v) is 3.98. The molecule has 2 N–H and O–H groups in total. The van der Waals surface area contributed by atoms with E-state index in [1.807, 2.05) is 24.4 Å². The van der Waals surface area contributed by atoms with E-state index in [9.17, 15) is 13.2 Å². The Morgan fingerprint density at radius 2 is 2.21 bits per heavy atom. The van der Waals surface area contributed by atoms with Crippen LogP contribution >= 0.6 is 11.3 Å². The first-order valence-electron chi connectivity index (χ1n) is 5.77. The van der Waals surface area contributed by atoms with E-state index in [1.54, 1.807) is 0 Å². The molecule has 2 aromatic heterocycles. The standard InChI is InChI=1S/C12H14N2O3S2/c1-2-9(11-4-3-7-18-11)14-19(16,17)12-8-13-6-5-10(12)15/h3-9,14H,2H2,1H3,(H,13,15). The van der Waals surface area contributed by atoms with Gasteiger partial charge in [0.25, 0.3) is 0 Å². The van der Waals surface area contributed by atoms with Crippen LogP contribution in [0, 0.1) is 0 Å². The van der Waals surface area contributed by atoms with Crippen molar-refractivity contribution in [3.63, 3.8) is 0 Å². The van der Waals surface area contributed by atoms with Crippen molar-refractivity contribution in [1.82, 2.24) is 9.71 Å². The van der Waals surface area contributed by atoms with Gasteiger partial charge >= 0.3 is 0 Å². The highest BCUT2D eigenvalue weighted by Crippen LogP contribution is 2.23. The fourth-order valence-electron chi connectivity index (χ4n) is 1.69. The Hall–Kier alpha value is -1.44. The lowest BCUT2D eigenvalue weighted by Crippen LogP contribution is -2.31. The largest absolute Gasteiger partial charge is 0.366 e. The van der Waals surface area contributed by atoms with Gasteiger partial charge in [-0.3, -0.25) is 4.79 Å². The molecule has 102 valence electrons. The summed E-state index contributed by atoms with van der Waals surface area (Å²) in [5.74, 6) is 0. The summed E-state index contributed by atoms with van der Waals surface area (Å²) < 4.78 is 26.9. The highest BCUT2D eigenvalue weighted by atomic mass is 32.2. The molecule has 0 saturated heterocycles. The van der Waals surface area contributed by atoms with Crippen molar-refractivity contribution >= 4 is 21.4 Å². The lowest BCUT2D eigenvalue weighted by molar-refractivity contribution is 0.552. The summed E-state index contributed by atoms with van der Waals surface area (Å²) in [6, 6.07) is 4.62. The van der Waals surface area contributed by atoms with Gasteiger partial charge in [0, 0.05) is 23.3 Å². The smallest absolute Gasteiger partial charge is 0.246 e. The van der Waals surface area contributed by atoms with E-state index in [2.05, 4.69) is 9.71 Å². The van der Waals surface area contributed by atoms with E-state index >= 15 is 0 Å². The summed E-state index contributed by atoms with van der Waals surface area (Å²) in [5.41, 5.74) is -0.521. The number of H-pyrrole nitrogens is 1. The third-order valence-corrected chi connectivity index (χ3v) is 5.15. The van der Waals surface area contributed by atoms with Crippen LogP contribution in [-0.2, 0) is 10.0 Å². The van der Waals surface area contributed by atoms with Crippen molar-refractivity contribution in [2.24, 2.45) is 0 Å². The molecule has 0 radical (unpaired) electrons.